The number of nitrogens with zero attached hydrogens (tertiary/aromatic N) is 3. The molecule has 8 nitrogen and oxygen atoms in total. The Morgan fingerprint density at radius 2 is 1.85 bits per heavy atom. The number of aldehydes is 1. The van der Waals surface area contributed by atoms with Gasteiger partial charge in [-0.25, -0.2) is 0 Å². The van der Waals surface area contributed by atoms with Gasteiger partial charge in [-0.15, -0.1) is 0 Å². The first-order valence-electron chi connectivity index (χ1n) is 8.36. The second-order valence-corrected chi connectivity index (χ2v) is 5.16. The normalized spacial score (nSPS) is 13.7. The van der Waals surface area contributed by atoms with Gasteiger partial charge in [-0.1, -0.05) is 21.3 Å². The van der Waals surface area contributed by atoms with Gasteiger partial charge in [0.1, 0.15) is 12.0 Å². The quantitative estimate of drug-likeness (QED) is 0.484. The van der Waals surface area contributed by atoms with Crippen molar-refractivity contribution in [3.63, 3.8) is 0 Å². The van der Waals surface area contributed by atoms with Gasteiger partial charge in [0, 0.05) is 39.3 Å². The highest BCUT2D eigenvalue weighted by molar-refractivity contribution is 5.60. The number of nitro benzene ring substituents is 1. The van der Waals surface area contributed by atoms with Crippen LogP contribution in [0.5, 0.6) is 5.75 Å². The minimum Gasteiger partial charge on any atom is -0.494 e. The number of nitro groups is 1. The molecule has 1 aliphatic rings. The molecule has 1 heterocycles. The van der Waals surface area contributed by atoms with Crippen LogP contribution in [0.15, 0.2) is 18.2 Å². The summed E-state index contributed by atoms with van der Waals surface area (Å²) in [4.78, 5) is 24.5. The summed E-state index contributed by atoms with van der Waals surface area (Å²) in [6.45, 7) is 8.86. The minimum atomic E-state index is -0.456. The van der Waals surface area contributed by atoms with Gasteiger partial charge in [-0.3, -0.25) is 15.0 Å². The van der Waals surface area contributed by atoms with Crippen molar-refractivity contribution < 1.29 is 14.5 Å². The van der Waals surface area contributed by atoms with Crippen LogP contribution in [0.2, 0.25) is 0 Å². The Hall–Kier alpha value is -2.19. The van der Waals surface area contributed by atoms with E-state index in [0.717, 1.165) is 38.2 Å². The van der Waals surface area contributed by atoms with Crippen LogP contribution in [0.4, 0.5) is 11.4 Å². The molecule has 0 atom stereocenters. The first-order chi connectivity index (χ1) is 12.0. The maximum atomic E-state index is 10.4. The van der Waals surface area contributed by atoms with Crippen LogP contribution in [0.3, 0.4) is 0 Å². The summed E-state index contributed by atoms with van der Waals surface area (Å²) in [5.74, 6) is 0.469. The third kappa shape index (κ3) is 9.33. The van der Waals surface area contributed by atoms with E-state index >= 15 is 0 Å². The van der Waals surface area contributed by atoms with Crippen LogP contribution < -0.4 is 10.1 Å². The first-order valence-corrected chi connectivity index (χ1v) is 8.36. The summed E-state index contributed by atoms with van der Waals surface area (Å²) >= 11 is 0. The number of carbonyl (C=O) groups excluding carboxylic acids is 1. The van der Waals surface area contributed by atoms with Crippen molar-refractivity contribution in [2.24, 2.45) is 0 Å². The van der Waals surface area contributed by atoms with Crippen molar-refractivity contribution in [1.29, 1.82) is 0 Å². The van der Waals surface area contributed by atoms with Crippen molar-refractivity contribution in [3.05, 3.63) is 28.3 Å². The monoisotopic (exact) mass is 370 g/mol. The highest BCUT2D eigenvalue weighted by Gasteiger charge is 2.12. The molecule has 0 saturated carbocycles. The molecule has 2 rings (SSSR count). The smallest absolute Gasteiger partial charge is 0.273 e. The van der Waals surface area contributed by atoms with Crippen LogP contribution in [-0.2, 0) is 4.79 Å². The summed E-state index contributed by atoms with van der Waals surface area (Å²) in [6.07, 6.45) is 0.978. The van der Waals surface area contributed by atoms with E-state index in [-0.39, 0.29) is 13.1 Å². The van der Waals surface area contributed by atoms with Crippen LogP contribution in [0.25, 0.3) is 0 Å². The molecule has 0 bridgehead atoms. The molecule has 0 spiro atoms. The molecule has 0 aromatic heterocycles. The summed E-state index contributed by atoms with van der Waals surface area (Å²) in [5.41, 5.74) is 0.754. The standard InChI is InChI=1S/C8H10N2O3.C7H14N2O.C2H6.CH4/c1-9-7-4-3-6(10(11)12)5-8(7)13-2;1-8-2-4-9(5-3-8)6-7-10;1-2;/h3-5,9H,1-2H3;7H,2-6H2,1H3;1-2H3;1H4. The van der Waals surface area contributed by atoms with E-state index in [1.807, 2.05) is 13.8 Å². The second-order valence-electron chi connectivity index (χ2n) is 5.16. The van der Waals surface area contributed by atoms with E-state index in [1.54, 1.807) is 13.1 Å². The van der Waals surface area contributed by atoms with Crippen molar-refractivity contribution in [1.82, 2.24) is 9.80 Å². The molecule has 26 heavy (non-hydrogen) atoms. The van der Waals surface area contributed by atoms with Gasteiger partial charge >= 0.3 is 0 Å². The fourth-order valence-electron chi connectivity index (χ4n) is 2.14. The van der Waals surface area contributed by atoms with Gasteiger partial charge < -0.3 is 19.7 Å². The Morgan fingerprint density at radius 1 is 1.27 bits per heavy atom. The van der Waals surface area contributed by atoms with Gasteiger partial charge in [0.2, 0.25) is 0 Å². The fraction of sp³-hybridized carbons (Fsp3) is 0.611. The van der Waals surface area contributed by atoms with Crippen LogP contribution in [0.1, 0.15) is 21.3 Å². The lowest BCUT2D eigenvalue weighted by Crippen LogP contribution is -2.44. The number of benzene rings is 1. The minimum absolute atomic E-state index is 0. The third-order valence-electron chi connectivity index (χ3n) is 3.59. The zero-order valence-electron chi connectivity index (χ0n) is 15.8. The predicted octanol–water partition coefficient (Wildman–Crippen LogP) is 2.74. The van der Waals surface area contributed by atoms with Crippen LogP contribution >= 0.6 is 0 Å². The molecule has 1 aromatic carbocycles. The number of hydrogen-bond donors (Lipinski definition) is 1. The molecule has 1 aliphatic heterocycles. The fourth-order valence-corrected chi connectivity index (χ4v) is 2.14. The van der Waals surface area contributed by atoms with Gasteiger partial charge in [-0.2, -0.15) is 0 Å². The van der Waals surface area contributed by atoms with E-state index in [9.17, 15) is 14.9 Å². The van der Waals surface area contributed by atoms with E-state index in [4.69, 9.17) is 4.74 Å². The highest BCUT2D eigenvalue weighted by Crippen LogP contribution is 2.28. The number of anilines is 1. The molecule has 1 N–H and O–H groups in total. The Balaban J connectivity index is 0. The van der Waals surface area contributed by atoms with E-state index < -0.39 is 4.92 Å². The average molecular weight is 370 g/mol. The number of ether oxygens (including phenoxy) is 1. The third-order valence-corrected chi connectivity index (χ3v) is 3.59. The summed E-state index contributed by atoms with van der Waals surface area (Å²) < 4.78 is 4.96. The molecule has 1 fully saturated rings. The Labute approximate surface area is 157 Å². The van der Waals surface area contributed by atoms with Crippen molar-refractivity contribution >= 4 is 17.7 Å². The highest BCUT2D eigenvalue weighted by atomic mass is 16.6. The molecule has 0 unspecified atom stereocenters. The average Bonchev–Trinajstić information content (AvgIpc) is 2.65. The lowest BCUT2D eigenvalue weighted by Gasteiger charge is -2.30. The Kier molecular flexibility index (Phi) is 15.1. The van der Waals surface area contributed by atoms with Gasteiger partial charge in [0.25, 0.3) is 5.69 Å². The zero-order chi connectivity index (χ0) is 19.2. The molecular formula is C18H34N4O4. The number of nitrogens with one attached hydrogen (secondary N) is 1. The number of piperazine rings is 1. The van der Waals surface area contributed by atoms with Crippen molar-refractivity contribution in [2.45, 2.75) is 21.3 Å². The van der Waals surface area contributed by atoms with Gasteiger partial charge in [0.15, 0.2) is 0 Å². The van der Waals surface area contributed by atoms with Gasteiger partial charge in [0.05, 0.1) is 30.3 Å². The SMILES string of the molecule is C.CC.CN1CCN(CC=O)CC1.CNc1ccc([N+](=O)[O-])cc1OC. The Morgan fingerprint density at radius 3 is 2.27 bits per heavy atom. The maximum Gasteiger partial charge on any atom is 0.273 e. The lowest BCUT2D eigenvalue weighted by molar-refractivity contribution is -0.384. The van der Waals surface area contributed by atoms with Crippen LogP contribution in [0, 0.1) is 10.1 Å². The van der Waals surface area contributed by atoms with Crippen molar-refractivity contribution in [3.8, 4) is 5.75 Å². The number of methoxy groups -OCH3 is 1. The molecule has 0 amide bonds. The molecule has 150 valence electrons. The number of likely N-dealkylation sites (N-methyl/N-ethyl adjacent to an activating group) is 1. The summed E-state index contributed by atoms with van der Waals surface area (Å²) in [6, 6.07) is 4.41. The molecule has 1 aromatic rings. The topological polar surface area (TPSA) is 88.0 Å². The van der Waals surface area contributed by atoms with E-state index in [2.05, 4.69) is 22.2 Å². The maximum absolute atomic E-state index is 10.4. The first kappa shape index (κ1) is 26.0. The van der Waals surface area contributed by atoms with Crippen LogP contribution in [-0.4, -0.2) is 74.9 Å². The van der Waals surface area contributed by atoms with Crippen molar-refractivity contribution in [2.75, 3.05) is 59.2 Å². The summed E-state index contributed by atoms with van der Waals surface area (Å²) in [5, 5.41) is 13.3. The van der Waals surface area contributed by atoms with Gasteiger partial charge in [-0.05, 0) is 13.1 Å². The number of hydrogen-bond acceptors (Lipinski definition) is 7. The van der Waals surface area contributed by atoms with E-state index in [1.165, 1.54) is 19.2 Å². The number of carbonyl (C=O) groups is 1. The number of non-ortho nitro benzene ring substituents is 1. The largest absolute Gasteiger partial charge is 0.494 e. The number of rotatable bonds is 5. The second kappa shape index (κ2) is 15.1. The lowest BCUT2D eigenvalue weighted by atomic mass is 10.2. The molecule has 1 saturated heterocycles. The van der Waals surface area contributed by atoms with E-state index in [0.29, 0.717) is 12.3 Å². The summed E-state index contributed by atoms with van der Waals surface area (Å²) in [7, 11) is 5.31. The molecule has 0 radical (unpaired) electrons. The molecular weight excluding hydrogens is 336 g/mol. The predicted molar refractivity (Wildman–Crippen MR) is 107 cm³/mol. The molecule has 0 aliphatic carbocycles. The zero-order valence-corrected chi connectivity index (χ0v) is 15.8. The Bertz CT molecular complexity index is 518. The molecule has 8 heteroatoms.